The molecule has 0 spiro atoms. The summed E-state index contributed by atoms with van der Waals surface area (Å²) in [6.45, 7) is 1.78. The number of likely N-dealkylation sites (tertiary alicyclic amines) is 1. The van der Waals surface area contributed by atoms with Crippen LogP contribution in [0.4, 0.5) is 0 Å². The number of carbonyl (C=O) groups excluding carboxylic acids is 1. The van der Waals surface area contributed by atoms with Crippen molar-refractivity contribution in [1.29, 1.82) is 0 Å². The molecular formula is C10H13N3O3S. The highest BCUT2D eigenvalue weighted by Crippen LogP contribution is 2.12. The molecule has 17 heavy (non-hydrogen) atoms. The van der Waals surface area contributed by atoms with Gasteiger partial charge in [-0.1, -0.05) is 0 Å². The summed E-state index contributed by atoms with van der Waals surface area (Å²) in [6.07, 6.45) is 0.916. The number of carboxylic acid groups (broad SMARTS) is 1. The van der Waals surface area contributed by atoms with Crippen LogP contribution in [0.25, 0.3) is 0 Å². The molecule has 0 radical (unpaired) electrons. The van der Waals surface area contributed by atoms with Gasteiger partial charge in [-0.2, -0.15) is 0 Å². The monoisotopic (exact) mass is 255 g/mol. The van der Waals surface area contributed by atoms with E-state index in [-0.39, 0.29) is 22.7 Å². The lowest BCUT2D eigenvalue weighted by Gasteiger charge is -2.11. The third-order valence-corrected chi connectivity index (χ3v) is 3.49. The summed E-state index contributed by atoms with van der Waals surface area (Å²) in [5.41, 5.74) is -0.0799. The molecule has 2 N–H and O–H groups in total. The minimum absolute atomic E-state index is 0.0799. The van der Waals surface area contributed by atoms with Gasteiger partial charge in [0.1, 0.15) is 0 Å². The summed E-state index contributed by atoms with van der Waals surface area (Å²) in [5, 5.41) is 13.1. The van der Waals surface area contributed by atoms with E-state index in [1.165, 1.54) is 5.38 Å². The number of likely N-dealkylation sites (N-methyl/N-ethyl adjacent to an activating group) is 1. The van der Waals surface area contributed by atoms with Crippen molar-refractivity contribution < 1.29 is 14.7 Å². The van der Waals surface area contributed by atoms with E-state index in [1.54, 1.807) is 0 Å². The van der Waals surface area contributed by atoms with Crippen LogP contribution >= 0.6 is 11.3 Å². The molecule has 1 atom stereocenters. The van der Waals surface area contributed by atoms with Crippen LogP contribution in [0.15, 0.2) is 5.38 Å². The van der Waals surface area contributed by atoms with Crippen LogP contribution in [0.2, 0.25) is 0 Å². The van der Waals surface area contributed by atoms with Gasteiger partial charge in [-0.25, -0.2) is 9.78 Å². The standard InChI is InChI=1S/C10H13N3O3S/c1-13-3-2-6(4-13)11-8(14)9-12-7(5-17-9)10(15)16/h5-6H,2-4H2,1H3,(H,11,14)(H,15,16). The van der Waals surface area contributed by atoms with E-state index in [9.17, 15) is 9.59 Å². The van der Waals surface area contributed by atoms with Crippen molar-refractivity contribution in [3.05, 3.63) is 16.1 Å². The third kappa shape index (κ3) is 2.80. The van der Waals surface area contributed by atoms with Gasteiger partial charge in [0, 0.05) is 18.0 Å². The van der Waals surface area contributed by atoms with Crippen molar-refractivity contribution in [2.45, 2.75) is 12.5 Å². The SMILES string of the molecule is CN1CCC(NC(=O)c2nc(C(=O)O)cs2)C1. The summed E-state index contributed by atoms with van der Waals surface area (Å²) in [7, 11) is 2.00. The first-order valence-electron chi connectivity index (χ1n) is 5.24. The minimum Gasteiger partial charge on any atom is -0.476 e. The van der Waals surface area contributed by atoms with Crippen molar-refractivity contribution in [3.8, 4) is 0 Å². The second kappa shape index (κ2) is 4.80. The van der Waals surface area contributed by atoms with E-state index >= 15 is 0 Å². The Morgan fingerprint density at radius 3 is 2.94 bits per heavy atom. The van der Waals surface area contributed by atoms with Gasteiger partial charge in [0.25, 0.3) is 5.91 Å². The Balaban J connectivity index is 1.97. The number of nitrogens with zero attached hydrogens (tertiary/aromatic N) is 2. The molecule has 6 nitrogen and oxygen atoms in total. The predicted molar refractivity (Wildman–Crippen MR) is 62.4 cm³/mol. The molecule has 1 amide bonds. The second-order valence-corrected chi connectivity index (χ2v) is 4.92. The zero-order valence-corrected chi connectivity index (χ0v) is 10.2. The maximum Gasteiger partial charge on any atom is 0.355 e. The Kier molecular flexibility index (Phi) is 3.39. The van der Waals surface area contributed by atoms with Crippen molar-refractivity contribution in [2.75, 3.05) is 20.1 Å². The van der Waals surface area contributed by atoms with Gasteiger partial charge in [-0.3, -0.25) is 4.79 Å². The lowest BCUT2D eigenvalue weighted by molar-refractivity contribution is 0.0691. The van der Waals surface area contributed by atoms with Crippen molar-refractivity contribution >= 4 is 23.2 Å². The molecule has 1 aliphatic heterocycles. The quantitative estimate of drug-likeness (QED) is 0.810. The Hall–Kier alpha value is -1.47. The Morgan fingerprint density at radius 1 is 1.65 bits per heavy atom. The van der Waals surface area contributed by atoms with Crippen molar-refractivity contribution in [1.82, 2.24) is 15.2 Å². The molecule has 1 aromatic rings. The molecule has 1 saturated heterocycles. The molecule has 92 valence electrons. The molecular weight excluding hydrogens is 242 g/mol. The normalized spacial score (nSPS) is 20.4. The lowest BCUT2D eigenvalue weighted by atomic mass is 10.2. The largest absolute Gasteiger partial charge is 0.476 e. The van der Waals surface area contributed by atoms with Gasteiger partial charge in [-0.15, -0.1) is 11.3 Å². The van der Waals surface area contributed by atoms with E-state index in [0.717, 1.165) is 30.8 Å². The molecule has 7 heteroatoms. The van der Waals surface area contributed by atoms with Crippen LogP contribution in [0, 0.1) is 0 Å². The summed E-state index contributed by atoms with van der Waals surface area (Å²) in [5.74, 6) is -1.40. The number of aromatic nitrogens is 1. The summed E-state index contributed by atoms with van der Waals surface area (Å²) in [4.78, 5) is 28.3. The molecule has 1 fully saturated rings. The van der Waals surface area contributed by atoms with E-state index in [1.807, 2.05) is 7.05 Å². The summed E-state index contributed by atoms with van der Waals surface area (Å²) >= 11 is 1.05. The van der Waals surface area contributed by atoms with Gasteiger partial charge in [-0.05, 0) is 20.0 Å². The average Bonchev–Trinajstić information content (AvgIpc) is 2.86. The van der Waals surface area contributed by atoms with Crippen LogP contribution in [0.1, 0.15) is 26.7 Å². The second-order valence-electron chi connectivity index (χ2n) is 4.06. The molecule has 2 heterocycles. The van der Waals surface area contributed by atoms with E-state index < -0.39 is 5.97 Å². The topological polar surface area (TPSA) is 82.5 Å². The van der Waals surface area contributed by atoms with Gasteiger partial charge in [0.2, 0.25) is 0 Å². The number of hydrogen-bond acceptors (Lipinski definition) is 5. The van der Waals surface area contributed by atoms with Crippen LogP contribution in [-0.4, -0.2) is 53.0 Å². The smallest absolute Gasteiger partial charge is 0.355 e. The first-order valence-corrected chi connectivity index (χ1v) is 6.12. The maximum absolute atomic E-state index is 11.8. The Morgan fingerprint density at radius 2 is 2.41 bits per heavy atom. The van der Waals surface area contributed by atoms with E-state index in [4.69, 9.17) is 5.11 Å². The molecule has 0 aliphatic carbocycles. The number of aromatic carboxylic acids is 1. The molecule has 1 unspecified atom stereocenters. The number of amides is 1. The number of hydrogen-bond donors (Lipinski definition) is 2. The summed E-state index contributed by atoms with van der Waals surface area (Å²) in [6, 6.07) is 0.129. The van der Waals surface area contributed by atoms with E-state index in [0.29, 0.717) is 0 Å². The van der Waals surface area contributed by atoms with Crippen LogP contribution < -0.4 is 5.32 Å². The highest BCUT2D eigenvalue weighted by atomic mass is 32.1. The third-order valence-electron chi connectivity index (χ3n) is 2.64. The lowest BCUT2D eigenvalue weighted by Crippen LogP contribution is -2.36. The first-order chi connectivity index (χ1) is 8.06. The predicted octanol–water partition coefficient (Wildman–Crippen LogP) is 0.275. The maximum atomic E-state index is 11.8. The summed E-state index contributed by atoms with van der Waals surface area (Å²) < 4.78 is 0. The zero-order valence-electron chi connectivity index (χ0n) is 9.34. The van der Waals surface area contributed by atoms with Crippen LogP contribution in [0.5, 0.6) is 0 Å². The number of nitrogens with one attached hydrogen (secondary N) is 1. The first kappa shape index (κ1) is 12.0. The fourth-order valence-corrected chi connectivity index (χ4v) is 2.47. The molecule has 0 bridgehead atoms. The number of thiazole rings is 1. The van der Waals surface area contributed by atoms with Gasteiger partial charge in [0.05, 0.1) is 0 Å². The van der Waals surface area contributed by atoms with Crippen LogP contribution in [-0.2, 0) is 0 Å². The Labute approximate surface area is 102 Å². The van der Waals surface area contributed by atoms with Gasteiger partial charge in [0.15, 0.2) is 10.7 Å². The average molecular weight is 255 g/mol. The highest BCUT2D eigenvalue weighted by molar-refractivity contribution is 7.11. The molecule has 0 aromatic carbocycles. The fraction of sp³-hybridized carbons (Fsp3) is 0.500. The van der Waals surface area contributed by atoms with E-state index in [2.05, 4.69) is 15.2 Å². The molecule has 0 saturated carbocycles. The van der Waals surface area contributed by atoms with Gasteiger partial charge < -0.3 is 15.3 Å². The molecule has 1 aromatic heterocycles. The zero-order chi connectivity index (χ0) is 12.4. The number of carbonyl (C=O) groups is 2. The van der Waals surface area contributed by atoms with Crippen molar-refractivity contribution in [2.24, 2.45) is 0 Å². The Bertz CT molecular complexity index is 446. The molecule has 1 aliphatic rings. The number of rotatable bonds is 3. The number of carboxylic acids is 1. The minimum atomic E-state index is -1.11. The molecule has 2 rings (SSSR count). The van der Waals surface area contributed by atoms with Gasteiger partial charge >= 0.3 is 5.97 Å². The fourth-order valence-electron chi connectivity index (χ4n) is 1.78. The highest BCUT2D eigenvalue weighted by Gasteiger charge is 2.23. The van der Waals surface area contributed by atoms with Crippen molar-refractivity contribution in [3.63, 3.8) is 0 Å². The van der Waals surface area contributed by atoms with Crippen LogP contribution in [0.3, 0.4) is 0 Å².